The summed E-state index contributed by atoms with van der Waals surface area (Å²) in [6.07, 6.45) is 73.0. The van der Waals surface area contributed by atoms with Crippen LogP contribution in [0.4, 0.5) is 11.4 Å². The summed E-state index contributed by atoms with van der Waals surface area (Å²) in [5.74, 6) is 3.14. The van der Waals surface area contributed by atoms with E-state index in [4.69, 9.17) is 18.9 Å². The lowest BCUT2D eigenvalue weighted by molar-refractivity contribution is -0.150. The van der Waals surface area contributed by atoms with Crippen LogP contribution in [0.25, 0.3) is 0 Å². The van der Waals surface area contributed by atoms with Gasteiger partial charge in [0.25, 0.3) is 10.9 Å². The molecule has 4 atom stereocenters. The van der Waals surface area contributed by atoms with Crippen molar-refractivity contribution in [2.24, 2.45) is 29.6 Å². The molecule has 0 aromatic heterocycles. The van der Waals surface area contributed by atoms with Crippen molar-refractivity contribution in [2.45, 2.75) is 479 Å². The van der Waals surface area contributed by atoms with E-state index in [1.54, 1.807) is 7.05 Å². The van der Waals surface area contributed by atoms with Crippen LogP contribution in [-0.4, -0.2) is 124 Å². The van der Waals surface area contributed by atoms with Crippen LogP contribution < -0.4 is 21.5 Å². The fourth-order valence-electron chi connectivity index (χ4n) is 17.3. The summed E-state index contributed by atoms with van der Waals surface area (Å²) in [5.41, 5.74) is -0.0929. The number of anilines is 2. The Hall–Kier alpha value is -3.56. The maximum absolute atomic E-state index is 13.1. The number of rotatable bonds is 90. The Morgan fingerprint density at radius 3 is 1.10 bits per heavy atom. The summed E-state index contributed by atoms with van der Waals surface area (Å²) in [4.78, 5) is 80.6. The third-order valence-electron chi connectivity index (χ3n) is 24.8. The summed E-state index contributed by atoms with van der Waals surface area (Å²) in [6, 6.07) is 0. The van der Waals surface area contributed by atoms with Gasteiger partial charge in [-0.05, 0) is 178 Å². The second kappa shape index (κ2) is 80.5. The molecular formula is C99H188N4O11. The van der Waals surface area contributed by atoms with Crippen molar-refractivity contribution in [2.75, 3.05) is 89.9 Å². The predicted octanol–water partition coefficient (Wildman–Crippen LogP) is 26.5. The average molecular weight is 1610 g/mol. The van der Waals surface area contributed by atoms with E-state index in [1.807, 2.05) is 0 Å². The van der Waals surface area contributed by atoms with Crippen LogP contribution in [0.1, 0.15) is 473 Å². The number of nitrogens with one attached hydrogen (secondary N) is 2. The van der Waals surface area contributed by atoms with Crippen molar-refractivity contribution < 1.29 is 43.2 Å². The van der Waals surface area contributed by atoms with Gasteiger partial charge < -0.3 is 44.5 Å². The largest absolute Gasteiger partial charge is 0.466 e. The van der Waals surface area contributed by atoms with E-state index in [1.165, 1.54) is 218 Å². The van der Waals surface area contributed by atoms with E-state index in [-0.39, 0.29) is 36.6 Å². The van der Waals surface area contributed by atoms with Crippen LogP contribution >= 0.6 is 0 Å². The highest BCUT2D eigenvalue weighted by Gasteiger charge is 2.24. The van der Waals surface area contributed by atoms with E-state index in [0.29, 0.717) is 93.0 Å². The zero-order chi connectivity index (χ0) is 83.2. The predicted molar refractivity (Wildman–Crippen MR) is 485 cm³/mol. The van der Waals surface area contributed by atoms with Gasteiger partial charge in [-0.25, -0.2) is 0 Å². The topological polar surface area (TPSA) is 190 Å². The minimum absolute atomic E-state index is 0.00410. The molecule has 0 amide bonds. The lowest BCUT2D eigenvalue weighted by Gasteiger charge is -2.29. The molecule has 0 heterocycles. The molecule has 1 aromatic rings. The first-order valence-electron chi connectivity index (χ1n) is 49.7. The van der Waals surface area contributed by atoms with Crippen LogP contribution in [0.2, 0.25) is 0 Å². The molecule has 0 fully saturated rings. The van der Waals surface area contributed by atoms with Gasteiger partial charge in [-0.1, -0.05) is 331 Å². The smallest absolute Gasteiger partial charge is 0.306 e. The minimum atomic E-state index is -0.448. The number of esters is 4. The Kier molecular flexibility index (Phi) is 76.6. The molecule has 0 radical (unpaired) electrons. The lowest BCUT2D eigenvalue weighted by atomic mass is 9.77. The van der Waals surface area contributed by atoms with Crippen molar-refractivity contribution in [1.29, 1.82) is 0 Å². The molecule has 1 rings (SSSR count). The number of hydrogen-bond acceptors (Lipinski definition) is 15. The third-order valence-corrected chi connectivity index (χ3v) is 24.8. The molecule has 15 nitrogen and oxygen atoms in total. The Morgan fingerprint density at radius 1 is 0.325 bits per heavy atom. The molecule has 0 aliphatic heterocycles. The fraction of sp³-hybridized carbons (Fsp3) is 0.919. The molecule has 4 unspecified atom stereocenters. The molecule has 0 saturated carbocycles. The van der Waals surface area contributed by atoms with Crippen molar-refractivity contribution in [3.8, 4) is 0 Å². The highest BCUT2D eigenvalue weighted by molar-refractivity contribution is 5.73. The van der Waals surface area contributed by atoms with E-state index < -0.39 is 10.9 Å². The molecule has 3 N–H and O–H groups in total. The second-order valence-electron chi connectivity index (χ2n) is 35.3. The quantitative estimate of drug-likeness (QED) is 0.0241. The molecule has 114 heavy (non-hydrogen) atoms. The van der Waals surface area contributed by atoms with Gasteiger partial charge >= 0.3 is 23.9 Å². The van der Waals surface area contributed by atoms with Gasteiger partial charge in [0, 0.05) is 45.8 Å². The highest BCUT2D eigenvalue weighted by Crippen LogP contribution is 2.34. The van der Waals surface area contributed by atoms with Crippen LogP contribution in [0.3, 0.4) is 0 Å². The summed E-state index contributed by atoms with van der Waals surface area (Å²) < 4.78 is 23.6. The van der Waals surface area contributed by atoms with E-state index in [9.17, 15) is 33.9 Å². The van der Waals surface area contributed by atoms with Gasteiger partial charge in [-0.3, -0.25) is 28.8 Å². The Labute approximate surface area is 703 Å². The fourth-order valence-corrected chi connectivity index (χ4v) is 17.3. The minimum Gasteiger partial charge on any atom is -0.466 e. The van der Waals surface area contributed by atoms with E-state index in [2.05, 4.69) is 75.8 Å². The third kappa shape index (κ3) is 63.5. The summed E-state index contributed by atoms with van der Waals surface area (Å²) in [7, 11) is 1.68. The number of carbonyl (C=O) groups is 4. The Bertz CT molecular complexity index is 2360. The first-order valence-corrected chi connectivity index (χ1v) is 49.7. The van der Waals surface area contributed by atoms with Gasteiger partial charge in [0.1, 0.15) is 17.5 Å². The molecule has 0 spiro atoms. The second-order valence-corrected chi connectivity index (χ2v) is 35.3. The Balaban J connectivity index is 2.47. The molecule has 1 aromatic carbocycles. The molecule has 0 saturated heterocycles. The van der Waals surface area contributed by atoms with Gasteiger partial charge in [-0.2, -0.15) is 0 Å². The van der Waals surface area contributed by atoms with Crippen LogP contribution in [0.5, 0.6) is 0 Å². The number of aliphatic hydroxyl groups excluding tert-OH is 1. The molecule has 0 aliphatic carbocycles. The number of ether oxygens (including phenoxy) is 4. The molecule has 0 bridgehead atoms. The maximum Gasteiger partial charge on any atom is 0.306 e. The lowest BCUT2D eigenvalue weighted by Crippen LogP contribution is -2.37. The van der Waals surface area contributed by atoms with Gasteiger partial charge in [-0.15, -0.1) is 0 Å². The highest BCUT2D eigenvalue weighted by atomic mass is 16.5. The zero-order valence-electron chi connectivity index (χ0n) is 76.6. The normalized spacial score (nSPS) is 12.9. The number of hydrogen-bond donors (Lipinski definition) is 3. The SMILES string of the molecule is CCCCCCCCC(CCCCCCCC)OC(=O)CCCCCCCN(CCO)CCCCCCCC(=O)OCCCC(CCCCC)CCCC(C)C(CCC)CC(CCCCC)CCOC(=O)CCCCCCCN(CCCCCCCC(=O)OCCC(CCCCC)CCCCC)CCCNc1c(NC)c(=O)c1=O. The number of carbonyl (C=O) groups excluding carboxylic acids is 4. The standard InChI is InChI=1S/C99H188N4O11/c1-10-17-23-25-31-45-66-91(67-46-32-26-24-18-11-2)114-95(108)71-50-36-30-40-54-78-103(80-81-104)77-53-39-29-33-47-68-92(105)111-82-56-65-87(60-41-19-12-3)64-55-59-86(8)90(58-16-7)85-89(63-44-22-15-6)73-84-113-94(107)70-49-35-28-38-52-76-102(79-57-74-101-97-96(100-9)98(109)99(97)110)75-51-37-27-34-48-69-93(106)112-83-72-88(61-42-20-13-4)62-43-21-14-5/h86-91,100-101,104H,10-85H2,1-9H3. The first kappa shape index (κ1) is 108. The van der Waals surface area contributed by atoms with Gasteiger partial charge in [0.05, 0.1) is 26.4 Å². The maximum atomic E-state index is 13.1. The summed E-state index contributed by atoms with van der Waals surface area (Å²) in [5, 5.41) is 15.9. The molecule has 670 valence electrons. The number of aliphatic hydroxyl groups is 1. The van der Waals surface area contributed by atoms with Crippen LogP contribution in [0, 0.1) is 29.6 Å². The summed E-state index contributed by atoms with van der Waals surface area (Å²) >= 11 is 0. The van der Waals surface area contributed by atoms with Crippen LogP contribution in [-0.2, 0) is 38.1 Å². The molecule has 0 aliphatic rings. The van der Waals surface area contributed by atoms with E-state index in [0.717, 1.165) is 213 Å². The zero-order valence-corrected chi connectivity index (χ0v) is 76.6. The molecular weight excluding hydrogens is 1420 g/mol. The first-order chi connectivity index (χ1) is 55.7. The van der Waals surface area contributed by atoms with Crippen molar-refractivity contribution in [3.63, 3.8) is 0 Å². The monoisotopic (exact) mass is 1610 g/mol. The summed E-state index contributed by atoms with van der Waals surface area (Å²) in [6.45, 7) is 26.6. The molecule has 15 heteroatoms. The van der Waals surface area contributed by atoms with Crippen molar-refractivity contribution in [3.05, 3.63) is 20.4 Å². The van der Waals surface area contributed by atoms with E-state index >= 15 is 0 Å². The van der Waals surface area contributed by atoms with Crippen molar-refractivity contribution in [1.82, 2.24) is 9.80 Å². The average Bonchev–Trinajstić information content (AvgIpc) is 0.788. The van der Waals surface area contributed by atoms with Gasteiger partial charge in [0.15, 0.2) is 0 Å². The number of nitrogens with zero attached hydrogens (tertiary/aromatic N) is 2. The van der Waals surface area contributed by atoms with Crippen LogP contribution in [0.15, 0.2) is 9.59 Å². The Morgan fingerprint density at radius 2 is 0.658 bits per heavy atom. The van der Waals surface area contributed by atoms with Crippen molar-refractivity contribution >= 4 is 35.3 Å². The number of unbranched alkanes of at least 4 members (excludes halogenated alkanes) is 34. The van der Waals surface area contributed by atoms with Gasteiger partial charge in [0.2, 0.25) is 0 Å².